The number of amides is 2. The monoisotopic (exact) mass is 337 g/mol. The molecule has 1 fully saturated rings. The number of hydrogen-bond donors (Lipinski definition) is 1. The molecule has 1 aliphatic rings. The largest absolute Gasteiger partial charge is 0.339 e. The predicted octanol–water partition coefficient (Wildman–Crippen LogP) is 3.10. The number of likely N-dealkylation sites (tertiary alicyclic amines) is 1. The predicted molar refractivity (Wildman–Crippen MR) is 86.3 cm³/mol. The zero-order valence-electron chi connectivity index (χ0n) is 13.5. The van der Waals surface area contributed by atoms with Crippen molar-refractivity contribution in [1.82, 2.24) is 4.90 Å². The molecule has 1 aromatic rings. The number of nitrogens with zero attached hydrogens (tertiary/aromatic N) is 2. The van der Waals surface area contributed by atoms with Crippen molar-refractivity contribution in [3.63, 3.8) is 0 Å². The van der Waals surface area contributed by atoms with Gasteiger partial charge >= 0.3 is 5.69 Å². The molecule has 2 rings (SSSR count). The van der Waals surface area contributed by atoms with Gasteiger partial charge in [-0.2, -0.15) is 4.39 Å². The molecule has 0 saturated carbocycles. The third-order valence-electron chi connectivity index (χ3n) is 3.97. The number of benzene rings is 1. The van der Waals surface area contributed by atoms with Crippen LogP contribution in [0.5, 0.6) is 0 Å². The molecular weight excluding hydrogens is 317 g/mol. The van der Waals surface area contributed by atoms with E-state index in [9.17, 15) is 24.1 Å². The first-order chi connectivity index (χ1) is 11.4. The van der Waals surface area contributed by atoms with Crippen LogP contribution in [-0.2, 0) is 4.79 Å². The van der Waals surface area contributed by atoms with Gasteiger partial charge in [-0.15, -0.1) is 0 Å². The third-order valence-corrected chi connectivity index (χ3v) is 3.97. The van der Waals surface area contributed by atoms with Crippen molar-refractivity contribution in [3.05, 3.63) is 33.6 Å². The Kier molecular flexibility index (Phi) is 5.83. The van der Waals surface area contributed by atoms with E-state index in [0.717, 1.165) is 44.2 Å². The molecule has 2 amide bonds. The molecule has 1 saturated heterocycles. The van der Waals surface area contributed by atoms with Gasteiger partial charge in [0, 0.05) is 26.1 Å². The highest BCUT2D eigenvalue weighted by atomic mass is 19.1. The first-order valence-corrected chi connectivity index (χ1v) is 7.95. The van der Waals surface area contributed by atoms with Gasteiger partial charge in [-0.3, -0.25) is 19.7 Å². The lowest BCUT2D eigenvalue weighted by Crippen LogP contribution is -2.34. The van der Waals surface area contributed by atoms with Gasteiger partial charge in [0.25, 0.3) is 5.91 Å². The molecule has 0 radical (unpaired) electrons. The number of nitrogens with one attached hydrogen (secondary N) is 1. The van der Waals surface area contributed by atoms with Crippen LogP contribution in [0.2, 0.25) is 0 Å². The topological polar surface area (TPSA) is 92.5 Å². The van der Waals surface area contributed by atoms with E-state index in [2.05, 4.69) is 5.32 Å². The lowest BCUT2D eigenvalue weighted by molar-refractivity contribution is -0.387. The van der Waals surface area contributed by atoms with E-state index in [-0.39, 0.29) is 11.3 Å². The summed E-state index contributed by atoms with van der Waals surface area (Å²) in [5.41, 5.74) is -0.875. The molecule has 0 aromatic heterocycles. The summed E-state index contributed by atoms with van der Waals surface area (Å²) >= 11 is 0. The van der Waals surface area contributed by atoms with Crippen LogP contribution >= 0.6 is 0 Å². The van der Waals surface area contributed by atoms with E-state index in [0.29, 0.717) is 13.1 Å². The Morgan fingerprint density at radius 1 is 1.17 bits per heavy atom. The minimum absolute atomic E-state index is 0.0392. The van der Waals surface area contributed by atoms with Crippen molar-refractivity contribution in [2.24, 2.45) is 0 Å². The Balaban J connectivity index is 2.38. The molecule has 0 unspecified atom stereocenters. The van der Waals surface area contributed by atoms with Crippen LogP contribution in [0.3, 0.4) is 0 Å². The number of rotatable bonds is 3. The van der Waals surface area contributed by atoms with Crippen LogP contribution in [0.4, 0.5) is 15.8 Å². The zero-order chi connectivity index (χ0) is 17.7. The van der Waals surface area contributed by atoms with E-state index < -0.39 is 28.2 Å². The zero-order valence-corrected chi connectivity index (χ0v) is 13.5. The minimum Gasteiger partial charge on any atom is -0.339 e. The highest BCUT2D eigenvalue weighted by molar-refractivity contribution is 6.03. The smallest absolute Gasteiger partial charge is 0.306 e. The van der Waals surface area contributed by atoms with Gasteiger partial charge in [0.15, 0.2) is 0 Å². The SMILES string of the molecule is CC(=O)Nc1cc([N+](=O)[O-])c(F)cc1C(=O)N1CCCCCCC1. The van der Waals surface area contributed by atoms with Crippen LogP contribution in [0.15, 0.2) is 12.1 Å². The third kappa shape index (κ3) is 4.27. The molecule has 0 aliphatic carbocycles. The first kappa shape index (κ1) is 17.8. The fourth-order valence-electron chi connectivity index (χ4n) is 2.79. The molecule has 1 heterocycles. The van der Waals surface area contributed by atoms with E-state index in [1.165, 1.54) is 6.92 Å². The summed E-state index contributed by atoms with van der Waals surface area (Å²) in [4.78, 5) is 35.7. The Morgan fingerprint density at radius 3 is 2.29 bits per heavy atom. The van der Waals surface area contributed by atoms with Gasteiger partial charge in [0.1, 0.15) is 0 Å². The molecule has 1 aromatic carbocycles. The lowest BCUT2D eigenvalue weighted by Gasteiger charge is -2.25. The number of halogens is 1. The molecule has 7 nitrogen and oxygen atoms in total. The van der Waals surface area contributed by atoms with Crippen molar-refractivity contribution >= 4 is 23.2 Å². The van der Waals surface area contributed by atoms with E-state index >= 15 is 0 Å². The highest BCUT2D eigenvalue weighted by Gasteiger charge is 2.25. The number of nitro groups is 1. The summed E-state index contributed by atoms with van der Waals surface area (Å²) in [7, 11) is 0. The normalized spacial score (nSPS) is 15.3. The van der Waals surface area contributed by atoms with Gasteiger partial charge < -0.3 is 10.2 Å². The molecular formula is C16H20FN3O4. The molecule has 1 N–H and O–H groups in total. The summed E-state index contributed by atoms with van der Waals surface area (Å²) < 4.78 is 14.0. The van der Waals surface area contributed by atoms with Crippen LogP contribution in [0.1, 0.15) is 49.4 Å². The molecule has 24 heavy (non-hydrogen) atoms. The summed E-state index contributed by atoms with van der Waals surface area (Å²) in [5, 5.41) is 13.3. The number of carbonyl (C=O) groups excluding carboxylic acids is 2. The maximum absolute atomic E-state index is 14.0. The second-order valence-corrected chi connectivity index (χ2v) is 5.85. The molecule has 0 spiro atoms. The van der Waals surface area contributed by atoms with Crippen LogP contribution in [0.25, 0.3) is 0 Å². The number of carbonyl (C=O) groups is 2. The molecule has 130 valence electrons. The van der Waals surface area contributed by atoms with Crippen LogP contribution < -0.4 is 5.32 Å². The van der Waals surface area contributed by atoms with Crippen LogP contribution in [-0.4, -0.2) is 34.7 Å². The maximum atomic E-state index is 14.0. The summed E-state index contributed by atoms with van der Waals surface area (Å²) in [6.07, 6.45) is 4.90. The Labute approximate surface area is 139 Å². The van der Waals surface area contributed by atoms with Gasteiger partial charge in [0.2, 0.25) is 11.7 Å². The number of anilines is 1. The molecule has 1 aliphatic heterocycles. The quantitative estimate of drug-likeness (QED) is 0.677. The maximum Gasteiger partial charge on any atom is 0.306 e. The molecule has 0 bridgehead atoms. The number of nitro benzene ring substituents is 1. The average Bonchev–Trinajstić information content (AvgIpc) is 2.47. The van der Waals surface area contributed by atoms with Crippen molar-refractivity contribution < 1.29 is 18.9 Å². The summed E-state index contributed by atoms with van der Waals surface area (Å²) in [5.74, 6) is -2.00. The van der Waals surface area contributed by atoms with Crippen molar-refractivity contribution in [2.45, 2.75) is 39.0 Å². The summed E-state index contributed by atoms with van der Waals surface area (Å²) in [6, 6.07) is 1.73. The summed E-state index contributed by atoms with van der Waals surface area (Å²) in [6.45, 7) is 2.33. The average molecular weight is 337 g/mol. The second-order valence-electron chi connectivity index (χ2n) is 5.85. The van der Waals surface area contributed by atoms with Gasteiger partial charge in [-0.25, -0.2) is 0 Å². The minimum atomic E-state index is -1.09. The van der Waals surface area contributed by atoms with E-state index in [4.69, 9.17) is 0 Å². The standard InChI is InChI=1S/C16H20FN3O4/c1-11(21)18-14-10-15(20(23)24)13(17)9-12(14)16(22)19-7-5-3-2-4-6-8-19/h9-10H,2-8H2,1H3,(H,18,21). The van der Waals surface area contributed by atoms with E-state index in [1.54, 1.807) is 4.90 Å². The van der Waals surface area contributed by atoms with Crippen LogP contribution in [0, 0.1) is 15.9 Å². The van der Waals surface area contributed by atoms with Gasteiger partial charge in [0.05, 0.1) is 16.2 Å². The second kappa shape index (κ2) is 7.85. The highest BCUT2D eigenvalue weighted by Crippen LogP contribution is 2.28. The molecule has 0 atom stereocenters. The Morgan fingerprint density at radius 2 is 1.75 bits per heavy atom. The fraction of sp³-hybridized carbons (Fsp3) is 0.500. The van der Waals surface area contributed by atoms with Crippen molar-refractivity contribution in [1.29, 1.82) is 0 Å². The van der Waals surface area contributed by atoms with Gasteiger partial charge in [-0.1, -0.05) is 19.3 Å². The fourth-order valence-corrected chi connectivity index (χ4v) is 2.79. The van der Waals surface area contributed by atoms with Gasteiger partial charge in [-0.05, 0) is 18.9 Å². The number of hydrogen-bond acceptors (Lipinski definition) is 4. The van der Waals surface area contributed by atoms with E-state index in [1.807, 2.05) is 0 Å². The van der Waals surface area contributed by atoms with Crippen molar-refractivity contribution in [3.8, 4) is 0 Å². The Bertz CT molecular complexity index is 655. The van der Waals surface area contributed by atoms with Crippen molar-refractivity contribution in [2.75, 3.05) is 18.4 Å². The Hall–Kier alpha value is -2.51. The lowest BCUT2D eigenvalue weighted by atomic mass is 10.1. The first-order valence-electron chi connectivity index (χ1n) is 7.95. The molecule has 8 heteroatoms.